The minimum absolute atomic E-state index is 0.0297. The molecule has 1 amide bonds. The van der Waals surface area contributed by atoms with Gasteiger partial charge in [0.2, 0.25) is 5.79 Å². The van der Waals surface area contributed by atoms with Gasteiger partial charge in [0.1, 0.15) is 6.10 Å². The molecular formula is C18H17NO3. The van der Waals surface area contributed by atoms with E-state index in [4.69, 9.17) is 9.47 Å². The fraction of sp³-hybridized carbons (Fsp3) is 0.278. The van der Waals surface area contributed by atoms with E-state index in [2.05, 4.69) is 0 Å². The molecule has 2 aromatic carbocycles. The summed E-state index contributed by atoms with van der Waals surface area (Å²) in [4.78, 5) is 14.2. The van der Waals surface area contributed by atoms with Gasteiger partial charge in [-0.2, -0.15) is 0 Å². The third kappa shape index (κ3) is 1.95. The van der Waals surface area contributed by atoms with Crippen molar-refractivity contribution >= 4 is 5.91 Å². The molecule has 0 saturated carbocycles. The second-order valence-corrected chi connectivity index (χ2v) is 5.80. The van der Waals surface area contributed by atoms with E-state index in [0.29, 0.717) is 6.54 Å². The first-order valence-corrected chi connectivity index (χ1v) is 7.41. The number of carbonyl (C=O) groups is 1. The lowest BCUT2D eigenvalue weighted by Crippen LogP contribution is -2.51. The van der Waals surface area contributed by atoms with Crippen LogP contribution in [-0.4, -0.2) is 30.5 Å². The molecule has 0 N–H and O–H groups in total. The topological polar surface area (TPSA) is 38.8 Å². The van der Waals surface area contributed by atoms with Gasteiger partial charge in [0.25, 0.3) is 5.91 Å². The van der Waals surface area contributed by atoms with Crippen molar-refractivity contribution in [1.29, 1.82) is 0 Å². The predicted octanol–water partition coefficient (Wildman–Crippen LogP) is 2.47. The van der Waals surface area contributed by atoms with Gasteiger partial charge in [-0.15, -0.1) is 0 Å². The highest BCUT2D eigenvalue weighted by molar-refractivity contribution is 5.83. The number of hydrogen-bond acceptors (Lipinski definition) is 3. The average Bonchev–Trinajstić information content (AvgIpc) is 2.91. The molecule has 2 heterocycles. The van der Waals surface area contributed by atoms with Gasteiger partial charge in [-0.3, -0.25) is 4.79 Å². The number of amides is 1. The molecule has 22 heavy (non-hydrogen) atoms. The summed E-state index contributed by atoms with van der Waals surface area (Å²) in [6, 6.07) is 19.6. The Morgan fingerprint density at radius 3 is 2.23 bits per heavy atom. The molecule has 0 unspecified atom stereocenters. The zero-order chi connectivity index (χ0) is 15.2. The van der Waals surface area contributed by atoms with Crippen LogP contribution in [0.1, 0.15) is 17.2 Å². The standard InChI is InChI=1S/C18H17NO3/c1-19-12-18(14-10-6-3-7-11-14)21-15(16(22-18)17(19)20)13-8-4-2-5-9-13/h2-11,15-16H,12H2,1H3/t15-,16+,18-/m0/s1. The summed E-state index contributed by atoms with van der Waals surface area (Å²) in [5.41, 5.74) is 1.91. The van der Waals surface area contributed by atoms with Gasteiger partial charge in [-0.25, -0.2) is 0 Å². The van der Waals surface area contributed by atoms with E-state index in [-0.39, 0.29) is 12.0 Å². The highest BCUT2D eigenvalue weighted by Crippen LogP contribution is 2.48. The minimum atomic E-state index is -0.880. The van der Waals surface area contributed by atoms with E-state index in [1.165, 1.54) is 0 Å². The maximum atomic E-state index is 12.5. The highest BCUT2D eigenvalue weighted by Gasteiger charge is 2.57. The van der Waals surface area contributed by atoms with Gasteiger partial charge >= 0.3 is 0 Å². The summed E-state index contributed by atoms with van der Waals surface area (Å²) in [5.74, 6) is -0.910. The zero-order valence-electron chi connectivity index (χ0n) is 12.3. The van der Waals surface area contributed by atoms with Crippen LogP contribution in [0.25, 0.3) is 0 Å². The second kappa shape index (κ2) is 4.93. The molecule has 0 aromatic heterocycles. The Hall–Kier alpha value is -2.17. The van der Waals surface area contributed by atoms with Crippen molar-refractivity contribution in [3.05, 3.63) is 71.8 Å². The number of fused-ring (bicyclic) bond motifs is 2. The molecule has 2 aromatic rings. The van der Waals surface area contributed by atoms with E-state index < -0.39 is 11.9 Å². The SMILES string of the molecule is CN1C[C@@]2(c3ccccc3)O[C@@H](C1=O)[C@H](c1ccccc1)O2. The summed E-state index contributed by atoms with van der Waals surface area (Å²) in [7, 11) is 1.80. The molecule has 2 aliphatic heterocycles. The third-order valence-electron chi connectivity index (χ3n) is 4.32. The first-order chi connectivity index (χ1) is 10.7. The molecule has 4 nitrogen and oxygen atoms in total. The Bertz CT molecular complexity index is 688. The molecule has 0 radical (unpaired) electrons. The molecule has 2 bridgehead atoms. The molecule has 4 rings (SSSR count). The van der Waals surface area contributed by atoms with Crippen molar-refractivity contribution in [2.75, 3.05) is 13.6 Å². The number of morpholine rings is 1. The largest absolute Gasteiger partial charge is 0.338 e. The van der Waals surface area contributed by atoms with E-state index in [1.54, 1.807) is 11.9 Å². The number of benzene rings is 2. The Labute approximate surface area is 129 Å². The van der Waals surface area contributed by atoms with Crippen LogP contribution in [0.3, 0.4) is 0 Å². The quantitative estimate of drug-likeness (QED) is 0.854. The lowest BCUT2D eigenvalue weighted by atomic mass is 10.0. The second-order valence-electron chi connectivity index (χ2n) is 5.80. The molecule has 2 saturated heterocycles. The molecule has 2 fully saturated rings. The van der Waals surface area contributed by atoms with Crippen molar-refractivity contribution in [3.63, 3.8) is 0 Å². The first kappa shape index (κ1) is 13.5. The van der Waals surface area contributed by atoms with Crippen molar-refractivity contribution in [1.82, 2.24) is 4.90 Å². The number of likely N-dealkylation sites (N-methyl/N-ethyl adjacent to an activating group) is 1. The van der Waals surface area contributed by atoms with E-state index in [9.17, 15) is 4.79 Å². The van der Waals surface area contributed by atoms with Crippen LogP contribution in [0.15, 0.2) is 60.7 Å². The molecule has 112 valence electrons. The van der Waals surface area contributed by atoms with Gasteiger partial charge in [0, 0.05) is 12.6 Å². The van der Waals surface area contributed by atoms with Crippen molar-refractivity contribution in [2.45, 2.75) is 18.0 Å². The normalized spacial score (nSPS) is 30.6. The number of hydrogen-bond donors (Lipinski definition) is 0. The van der Waals surface area contributed by atoms with Crippen LogP contribution >= 0.6 is 0 Å². The Kier molecular flexibility index (Phi) is 3.03. The summed E-state index contributed by atoms with van der Waals surface area (Å²) < 4.78 is 12.4. The number of nitrogens with zero attached hydrogens (tertiary/aromatic N) is 1. The smallest absolute Gasteiger partial charge is 0.254 e. The fourth-order valence-electron chi connectivity index (χ4n) is 3.23. The summed E-state index contributed by atoms with van der Waals surface area (Å²) >= 11 is 0. The fourth-order valence-corrected chi connectivity index (χ4v) is 3.23. The average molecular weight is 295 g/mol. The van der Waals surface area contributed by atoms with Crippen molar-refractivity contribution in [2.24, 2.45) is 0 Å². The maximum absolute atomic E-state index is 12.5. The van der Waals surface area contributed by atoms with Crippen LogP contribution in [0, 0.1) is 0 Å². The predicted molar refractivity (Wildman–Crippen MR) is 80.9 cm³/mol. The Balaban J connectivity index is 1.78. The van der Waals surface area contributed by atoms with Gasteiger partial charge in [-0.1, -0.05) is 60.7 Å². The van der Waals surface area contributed by atoms with Crippen LogP contribution in [0.5, 0.6) is 0 Å². The van der Waals surface area contributed by atoms with Crippen LogP contribution in [-0.2, 0) is 20.1 Å². The molecule has 4 heteroatoms. The Morgan fingerprint density at radius 2 is 1.55 bits per heavy atom. The van der Waals surface area contributed by atoms with E-state index in [0.717, 1.165) is 11.1 Å². The van der Waals surface area contributed by atoms with Gasteiger partial charge in [-0.05, 0) is 5.56 Å². The van der Waals surface area contributed by atoms with Gasteiger partial charge in [0.15, 0.2) is 6.10 Å². The van der Waals surface area contributed by atoms with Crippen LogP contribution in [0.2, 0.25) is 0 Å². The number of ether oxygens (including phenoxy) is 2. The lowest BCUT2D eigenvalue weighted by molar-refractivity contribution is -0.215. The Morgan fingerprint density at radius 1 is 0.955 bits per heavy atom. The van der Waals surface area contributed by atoms with Gasteiger partial charge < -0.3 is 14.4 Å². The summed E-state index contributed by atoms with van der Waals surface area (Å²) in [5, 5.41) is 0. The molecule has 3 atom stereocenters. The van der Waals surface area contributed by atoms with Gasteiger partial charge in [0.05, 0.1) is 6.54 Å². The minimum Gasteiger partial charge on any atom is -0.338 e. The van der Waals surface area contributed by atoms with Crippen LogP contribution < -0.4 is 0 Å². The molecule has 0 aliphatic carbocycles. The van der Waals surface area contributed by atoms with E-state index >= 15 is 0 Å². The molecule has 2 aliphatic rings. The number of carbonyl (C=O) groups excluding carboxylic acids is 1. The lowest BCUT2D eigenvalue weighted by Gasteiger charge is -2.36. The molecule has 0 spiro atoms. The monoisotopic (exact) mass is 295 g/mol. The first-order valence-electron chi connectivity index (χ1n) is 7.41. The van der Waals surface area contributed by atoms with E-state index in [1.807, 2.05) is 60.7 Å². The zero-order valence-corrected chi connectivity index (χ0v) is 12.3. The molecular weight excluding hydrogens is 278 g/mol. The van der Waals surface area contributed by atoms with Crippen molar-refractivity contribution in [3.8, 4) is 0 Å². The third-order valence-corrected chi connectivity index (χ3v) is 4.32. The highest BCUT2D eigenvalue weighted by atomic mass is 16.8. The van der Waals surface area contributed by atoms with Crippen molar-refractivity contribution < 1.29 is 14.3 Å². The summed E-state index contributed by atoms with van der Waals surface area (Å²) in [6.45, 7) is 0.398. The number of rotatable bonds is 2. The van der Waals surface area contributed by atoms with Crippen LogP contribution in [0.4, 0.5) is 0 Å². The summed E-state index contributed by atoms with van der Waals surface area (Å²) in [6.07, 6.45) is -0.972. The maximum Gasteiger partial charge on any atom is 0.254 e.